The van der Waals surface area contributed by atoms with Crippen molar-refractivity contribution in [2.75, 3.05) is 130 Å². The molecule has 0 radical (unpaired) electrons. The standard InChI is InChI=1S/C27H29F3N4O4.C26H27F3N4O4.C23H20F4N4O2/c1-17(16-36-3)38-26-24(34-7-9-37-10-8-34)12-20(14-32-26)23-13-22(15-31-18(23)2)33-25(35)19-5-4-6-21(11-19)27(28,29)30;1-16(15-34)37-25-23(33-6-8-36-9-7-33)11-19(13-31-25)22-12-21(14-30-17(22)2)32-24(35)18-4-3-5-20(10-18)26(27,28)29;1-14-19(16-10-20(21(24)29-12-16)31-5-7-33-8-6-31)11-18(13-28-14)30-22(32)15-3-2-4-17(9-15)23(25,26)27/h4-6,11-15,17H,7-10,16H2,1-3H3,(H,33,35);3-5,10-14,16,34H,6-9,15H2,1-2H3,(H,32,35);2-4,9-13H,5-8H2,1H3,(H,30,32)/t17-;16-;/m11./s1. The number of rotatable bonds is 19. The molecule has 3 aromatic carbocycles. The van der Waals surface area contributed by atoms with Crippen molar-refractivity contribution in [2.24, 2.45) is 0 Å². The smallest absolute Gasteiger partial charge is 0.416 e. The lowest BCUT2D eigenvalue weighted by Gasteiger charge is -2.30. The highest BCUT2D eigenvalue weighted by atomic mass is 19.4. The SMILES string of the molecule is COC[C@@H](C)Oc1ncc(-c2cc(NC(=O)c3cccc(C(F)(F)F)c3)cnc2C)cc1N1CCOCC1.Cc1ncc(NC(=O)c2cccc(C(F)(F)F)c2)cc1-c1cnc(F)c(N2CCOCC2)c1.Cc1ncc(NC(=O)c2cccc(C(F)(F)F)c2)cc1-c1cnc(O[C@H](C)CO)c(N2CCOCC2)c1. The molecule has 9 heterocycles. The van der Waals surface area contributed by atoms with Crippen molar-refractivity contribution < 1.29 is 91.8 Å². The first kappa shape index (κ1) is 79.6. The Hall–Kier alpha value is -10.9. The van der Waals surface area contributed by atoms with Crippen LogP contribution in [0.4, 0.5) is 78.0 Å². The summed E-state index contributed by atoms with van der Waals surface area (Å²) in [6.45, 7) is 16.2. The van der Waals surface area contributed by atoms with Crippen LogP contribution in [0.2, 0.25) is 0 Å². The highest BCUT2D eigenvalue weighted by Gasteiger charge is 2.34. The lowest BCUT2D eigenvalue weighted by atomic mass is 10.0. The topological polar surface area (TPSA) is 250 Å². The Kier molecular flexibility index (Phi) is 26.3. The molecule has 0 unspecified atom stereocenters. The largest absolute Gasteiger partial charge is 0.471 e. The normalized spacial score (nSPS) is 14.6. The fourth-order valence-electron chi connectivity index (χ4n) is 11.5. The zero-order valence-electron chi connectivity index (χ0n) is 59.3. The Morgan fingerprint density at radius 1 is 0.454 bits per heavy atom. The second kappa shape index (κ2) is 35.6. The van der Waals surface area contributed by atoms with Crippen LogP contribution < -0.4 is 40.1 Å². The molecule has 3 aliphatic heterocycles. The summed E-state index contributed by atoms with van der Waals surface area (Å²) in [6, 6.07) is 23.2. The van der Waals surface area contributed by atoms with Gasteiger partial charge in [-0.05, 0) is 126 Å². The maximum Gasteiger partial charge on any atom is 0.416 e. The monoisotopic (exact) mass is 1510 g/mol. The Bertz CT molecular complexity index is 4630. The molecule has 2 atom stereocenters. The fourth-order valence-corrected chi connectivity index (χ4v) is 11.5. The van der Waals surface area contributed by atoms with Crippen molar-refractivity contribution in [1.82, 2.24) is 29.9 Å². The van der Waals surface area contributed by atoms with Gasteiger partial charge in [0.05, 0.1) is 111 Å². The molecule has 3 aliphatic rings. The molecule has 4 N–H and O–H groups in total. The van der Waals surface area contributed by atoms with Crippen LogP contribution in [0.5, 0.6) is 11.8 Å². The lowest BCUT2D eigenvalue weighted by molar-refractivity contribution is -0.138. The molecular formula is C76H76F10N12O10. The first-order valence-electron chi connectivity index (χ1n) is 34.0. The van der Waals surface area contributed by atoms with Gasteiger partial charge in [0, 0.05) is 132 Å². The molecule has 3 fully saturated rings. The lowest BCUT2D eigenvalue weighted by Crippen LogP contribution is -2.37. The average Bonchev–Trinajstić information content (AvgIpc) is 0.804. The minimum atomic E-state index is -4.55. The van der Waals surface area contributed by atoms with Crippen LogP contribution in [0.15, 0.2) is 146 Å². The van der Waals surface area contributed by atoms with Gasteiger partial charge in [-0.2, -0.15) is 43.9 Å². The second-order valence-corrected chi connectivity index (χ2v) is 25.1. The van der Waals surface area contributed by atoms with Crippen LogP contribution in [0, 0.1) is 26.7 Å². The zero-order valence-corrected chi connectivity index (χ0v) is 59.3. The van der Waals surface area contributed by atoms with Crippen LogP contribution in [0.1, 0.15) is 78.7 Å². The number of hydrogen-bond donors (Lipinski definition) is 4. The maximum absolute atomic E-state index is 14.4. The van der Waals surface area contributed by atoms with Crippen molar-refractivity contribution in [3.63, 3.8) is 0 Å². The van der Waals surface area contributed by atoms with E-state index in [0.717, 1.165) is 53.3 Å². The van der Waals surface area contributed by atoms with E-state index >= 15 is 0 Å². The van der Waals surface area contributed by atoms with E-state index in [4.69, 9.17) is 28.4 Å². The number of aryl methyl sites for hydroxylation is 3. The minimum absolute atomic E-state index is 0.107. The summed E-state index contributed by atoms with van der Waals surface area (Å²) in [5.41, 5.74) is 5.81. The molecule has 6 aromatic heterocycles. The third kappa shape index (κ3) is 21.0. The number of pyridine rings is 6. The predicted molar refractivity (Wildman–Crippen MR) is 383 cm³/mol. The number of carbonyl (C=O) groups is 3. The van der Waals surface area contributed by atoms with Gasteiger partial charge in [0.2, 0.25) is 17.7 Å². The molecule has 0 saturated carbocycles. The summed E-state index contributed by atoms with van der Waals surface area (Å²) in [5, 5.41) is 17.3. The Labute approximate surface area is 614 Å². The van der Waals surface area contributed by atoms with Crippen molar-refractivity contribution in [2.45, 2.75) is 65.4 Å². The van der Waals surface area contributed by atoms with Gasteiger partial charge in [0.25, 0.3) is 17.7 Å². The van der Waals surface area contributed by atoms with Gasteiger partial charge in [-0.25, -0.2) is 15.0 Å². The summed E-state index contributed by atoms with van der Waals surface area (Å²) in [4.78, 5) is 70.0. The van der Waals surface area contributed by atoms with E-state index in [-0.39, 0.29) is 35.1 Å². The second-order valence-electron chi connectivity index (χ2n) is 25.1. The Morgan fingerprint density at radius 3 is 1.09 bits per heavy atom. The highest BCUT2D eigenvalue weighted by molar-refractivity contribution is 6.06. The average molecular weight is 1510 g/mol. The molecule has 32 heteroatoms. The summed E-state index contributed by atoms with van der Waals surface area (Å²) >= 11 is 0. The van der Waals surface area contributed by atoms with E-state index in [1.54, 1.807) is 64.5 Å². The van der Waals surface area contributed by atoms with Crippen molar-refractivity contribution in [3.05, 3.63) is 203 Å². The number of nitrogens with zero attached hydrogens (tertiary/aromatic N) is 9. The van der Waals surface area contributed by atoms with Gasteiger partial charge in [-0.3, -0.25) is 29.3 Å². The van der Waals surface area contributed by atoms with E-state index in [1.165, 1.54) is 61.2 Å². The number of aliphatic hydroxyl groups is 1. The Balaban J connectivity index is 0.000000173. The van der Waals surface area contributed by atoms with Gasteiger partial charge in [0.1, 0.15) is 23.6 Å². The molecular weight excluding hydrogens is 1430 g/mol. The minimum Gasteiger partial charge on any atom is -0.471 e. The molecule has 0 aliphatic carbocycles. The molecule has 9 aromatic rings. The molecule has 3 amide bonds. The number of carbonyl (C=O) groups excluding carboxylic acids is 3. The van der Waals surface area contributed by atoms with Crippen molar-refractivity contribution >= 4 is 51.8 Å². The summed E-state index contributed by atoms with van der Waals surface area (Å²) in [5.74, 6) is -1.80. The van der Waals surface area contributed by atoms with Crippen LogP contribution in [-0.2, 0) is 37.5 Å². The number of hydrogen-bond acceptors (Lipinski definition) is 19. The van der Waals surface area contributed by atoms with Crippen LogP contribution in [0.3, 0.4) is 0 Å². The van der Waals surface area contributed by atoms with Gasteiger partial charge in [-0.15, -0.1) is 0 Å². The van der Waals surface area contributed by atoms with Gasteiger partial charge >= 0.3 is 18.5 Å². The van der Waals surface area contributed by atoms with E-state index in [9.17, 15) is 63.4 Å². The Morgan fingerprint density at radius 2 is 0.769 bits per heavy atom. The number of alkyl halides is 9. The first-order chi connectivity index (χ1) is 51.5. The summed E-state index contributed by atoms with van der Waals surface area (Å²) in [6.07, 6.45) is -5.33. The highest BCUT2D eigenvalue weighted by Crippen LogP contribution is 2.39. The number of morpholine rings is 3. The van der Waals surface area contributed by atoms with Gasteiger partial charge in [0.15, 0.2) is 0 Å². The van der Waals surface area contributed by atoms with Crippen molar-refractivity contribution in [3.8, 4) is 45.1 Å². The van der Waals surface area contributed by atoms with E-state index in [1.807, 2.05) is 30.9 Å². The predicted octanol–water partition coefficient (Wildman–Crippen LogP) is 14.0. The molecule has 3 saturated heterocycles. The number of aliphatic hydroxyl groups excluding tert-OH is 1. The third-order valence-corrected chi connectivity index (χ3v) is 17.1. The molecule has 12 rings (SSSR count). The maximum atomic E-state index is 14.4. The van der Waals surface area contributed by atoms with Crippen LogP contribution in [-0.4, -0.2) is 164 Å². The fraction of sp³-hybridized carbons (Fsp3) is 0.329. The molecule has 570 valence electrons. The summed E-state index contributed by atoms with van der Waals surface area (Å²) in [7, 11) is 1.61. The first-order valence-corrected chi connectivity index (χ1v) is 34.0. The molecule has 0 spiro atoms. The summed E-state index contributed by atoms with van der Waals surface area (Å²) < 4.78 is 165. The number of nitrogens with one attached hydrogen (secondary N) is 3. The number of methoxy groups -OCH3 is 1. The zero-order chi connectivity index (χ0) is 77.5. The quantitative estimate of drug-likeness (QED) is 0.0434. The number of amides is 3. The third-order valence-electron chi connectivity index (χ3n) is 17.1. The number of anilines is 6. The van der Waals surface area contributed by atoms with Crippen LogP contribution in [0.25, 0.3) is 33.4 Å². The van der Waals surface area contributed by atoms with E-state index in [0.29, 0.717) is 159 Å². The molecule has 108 heavy (non-hydrogen) atoms. The molecule has 0 bridgehead atoms. The van der Waals surface area contributed by atoms with Gasteiger partial charge < -0.3 is 64.2 Å². The van der Waals surface area contributed by atoms with E-state index in [2.05, 4.69) is 55.7 Å². The number of aromatic nitrogens is 6. The van der Waals surface area contributed by atoms with Gasteiger partial charge in [-0.1, -0.05) is 18.2 Å². The number of benzene rings is 3. The van der Waals surface area contributed by atoms with Crippen LogP contribution >= 0.6 is 0 Å². The van der Waals surface area contributed by atoms with E-state index < -0.39 is 65.0 Å². The molecule has 22 nitrogen and oxygen atoms in total. The number of halogens is 10. The number of ether oxygens (including phenoxy) is 6. The van der Waals surface area contributed by atoms with Crippen molar-refractivity contribution in [1.29, 1.82) is 0 Å².